The fourth-order valence-corrected chi connectivity index (χ4v) is 5.24. The van der Waals surface area contributed by atoms with Gasteiger partial charge in [-0.2, -0.15) is 0 Å². The van der Waals surface area contributed by atoms with Crippen LogP contribution in [0.1, 0.15) is 49.5 Å². The summed E-state index contributed by atoms with van der Waals surface area (Å²) >= 11 is 0. The van der Waals surface area contributed by atoms with Crippen molar-refractivity contribution in [1.82, 2.24) is 0 Å². The van der Waals surface area contributed by atoms with E-state index in [4.69, 9.17) is 0 Å². The predicted molar refractivity (Wildman–Crippen MR) is 91.0 cm³/mol. The first-order valence-corrected chi connectivity index (χ1v) is 9.27. The second-order valence-corrected chi connectivity index (χ2v) is 7.63. The van der Waals surface area contributed by atoms with Crippen molar-refractivity contribution in [2.75, 3.05) is 0 Å². The van der Waals surface area contributed by atoms with Crippen molar-refractivity contribution in [2.24, 2.45) is 0 Å². The Morgan fingerprint density at radius 3 is 2.60 bits per heavy atom. The van der Waals surface area contributed by atoms with Crippen LogP contribution in [0.3, 0.4) is 0 Å². The number of rotatable bonds is 5. The average Bonchev–Trinajstić information content (AvgIpc) is 3.05. The third-order valence-corrected chi connectivity index (χ3v) is 6.45. The number of allylic oxidation sites excluding steroid dienone is 1. The highest BCUT2D eigenvalue weighted by molar-refractivity contribution is 7.49. The fourth-order valence-electron chi connectivity index (χ4n) is 3.13. The van der Waals surface area contributed by atoms with Gasteiger partial charge in [0, 0.05) is 5.92 Å². The van der Waals surface area contributed by atoms with Gasteiger partial charge in [0.2, 0.25) is 0 Å². The van der Waals surface area contributed by atoms with Crippen LogP contribution in [0.25, 0.3) is 11.6 Å². The molecule has 1 unspecified atom stereocenters. The molecule has 0 bridgehead atoms. The topological polar surface area (TPSA) is 0 Å². The van der Waals surface area contributed by atoms with E-state index in [1.807, 2.05) is 0 Å². The van der Waals surface area contributed by atoms with Crippen molar-refractivity contribution in [3.8, 4) is 0 Å². The van der Waals surface area contributed by atoms with Crippen LogP contribution in [0, 0.1) is 5.92 Å². The van der Waals surface area contributed by atoms with E-state index in [9.17, 15) is 0 Å². The molecule has 1 aromatic carbocycles. The summed E-state index contributed by atoms with van der Waals surface area (Å²) in [5.74, 6) is 4.00. The zero-order valence-electron chi connectivity index (χ0n) is 12.4. The lowest BCUT2D eigenvalue weighted by Crippen LogP contribution is -1.98. The third kappa shape index (κ3) is 2.38. The molecule has 0 N–H and O–H groups in total. The molecule has 1 aliphatic carbocycles. The second-order valence-electron chi connectivity index (χ2n) is 5.46. The number of aryl methyl sites for hydroxylation is 1. The maximum Gasteiger partial charge on any atom is 0.0355 e. The standard InChI is InChI=1S/C19H22P/c1-3-8-17-16-10-6-5-9-15(16)14-18(17)19-11-7-13-20(19)12-4-2/h5-7,9-11,13-14H,3-4,8,12H2,1-2H3. The lowest BCUT2D eigenvalue weighted by molar-refractivity contribution is 0.873. The van der Waals surface area contributed by atoms with Gasteiger partial charge in [-0.1, -0.05) is 56.7 Å². The minimum absolute atomic E-state index is 0.0682. The largest absolute Gasteiger partial charge is 0.117 e. The number of fused-ring (bicyclic) bond motifs is 1. The lowest BCUT2D eigenvalue weighted by atomic mass is 9.91. The van der Waals surface area contributed by atoms with Crippen LogP contribution >= 0.6 is 7.53 Å². The molecule has 1 aromatic heterocycles. The van der Waals surface area contributed by atoms with Crippen LogP contribution in [0.15, 0.2) is 42.2 Å². The Labute approximate surface area is 123 Å². The molecule has 0 spiro atoms. The Balaban J connectivity index is 2.02. The minimum Gasteiger partial charge on any atom is -0.117 e. The van der Waals surface area contributed by atoms with Gasteiger partial charge in [-0.3, -0.25) is 0 Å². The summed E-state index contributed by atoms with van der Waals surface area (Å²) in [6.07, 6.45) is 7.43. The van der Waals surface area contributed by atoms with Crippen molar-refractivity contribution >= 4 is 19.2 Å². The Kier molecular flexibility index (Phi) is 4.13. The molecule has 20 heavy (non-hydrogen) atoms. The summed E-state index contributed by atoms with van der Waals surface area (Å²) in [5.41, 5.74) is 4.39. The summed E-state index contributed by atoms with van der Waals surface area (Å²) in [5, 5.41) is 1.60. The molecular formula is C19H22P. The van der Waals surface area contributed by atoms with Gasteiger partial charge in [-0.15, -0.1) is 7.53 Å². The molecule has 0 aliphatic heterocycles. The smallest absolute Gasteiger partial charge is 0.0355 e. The summed E-state index contributed by atoms with van der Waals surface area (Å²) in [6.45, 7) is 4.57. The molecule has 103 valence electrons. The Morgan fingerprint density at radius 1 is 0.950 bits per heavy atom. The van der Waals surface area contributed by atoms with Gasteiger partial charge in [0.1, 0.15) is 0 Å². The Hall–Kier alpha value is -1.26. The molecule has 2 aromatic rings. The SMILES string of the molecule is CCC[C]1C(c2cccp2CCC)=Cc2ccccc21. The molecule has 0 amide bonds. The van der Waals surface area contributed by atoms with Crippen molar-refractivity contribution < 1.29 is 0 Å². The molecule has 1 radical (unpaired) electrons. The molecule has 0 fully saturated rings. The Bertz CT molecular complexity index is 618. The van der Waals surface area contributed by atoms with Crippen LogP contribution in [-0.2, 0) is 6.16 Å². The van der Waals surface area contributed by atoms with Crippen molar-refractivity contribution in [3.63, 3.8) is 0 Å². The highest BCUT2D eigenvalue weighted by Gasteiger charge is 2.27. The van der Waals surface area contributed by atoms with Crippen molar-refractivity contribution in [1.29, 1.82) is 0 Å². The first-order chi connectivity index (χ1) is 9.85. The summed E-state index contributed by atoms with van der Waals surface area (Å²) in [6, 6.07) is 13.5. The Morgan fingerprint density at radius 2 is 1.80 bits per heavy atom. The normalized spacial score (nSPS) is 15.3. The highest BCUT2D eigenvalue weighted by Crippen LogP contribution is 2.50. The van der Waals surface area contributed by atoms with Crippen LogP contribution in [0.5, 0.6) is 0 Å². The van der Waals surface area contributed by atoms with Gasteiger partial charge in [-0.25, -0.2) is 0 Å². The van der Waals surface area contributed by atoms with Gasteiger partial charge in [0.05, 0.1) is 0 Å². The van der Waals surface area contributed by atoms with Gasteiger partial charge >= 0.3 is 0 Å². The third-order valence-electron chi connectivity index (χ3n) is 3.98. The molecule has 0 saturated carbocycles. The van der Waals surface area contributed by atoms with Gasteiger partial charge < -0.3 is 0 Å². The lowest BCUT2D eigenvalue weighted by Gasteiger charge is -2.16. The maximum absolute atomic E-state index is 2.43. The average molecular weight is 281 g/mol. The van der Waals surface area contributed by atoms with Crippen molar-refractivity contribution in [2.45, 2.75) is 39.3 Å². The van der Waals surface area contributed by atoms with Crippen LogP contribution in [0.4, 0.5) is 0 Å². The summed E-state index contributed by atoms with van der Waals surface area (Å²) in [4.78, 5) is 0. The van der Waals surface area contributed by atoms with Crippen LogP contribution < -0.4 is 0 Å². The molecule has 1 heterocycles. The molecule has 0 nitrogen and oxygen atoms in total. The number of hydrogen-bond donors (Lipinski definition) is 0. The molecule has 1 heteroatoms. The van der Waals surface area contributed by atoms with E-state index in [0.29, 0.717) is 0 Å². The summed E-state index contributed by atoms with van der Waals surface area (Å²) in [7, 11) is -0.0682. The van der Waals surface area contributed by atoms with E-state index in [0.717, 1.165) is 0 Å². The molecule has 3 rings (SSSR count). The maximum atomic E-state index is 2.43. The quantitative estimate of drug-likeness (QED) is 0.598. The number of hydrogen-bond acceptors (Lipinski definition) is 0. The molecule has 0 saturated heterocycles. The monoisotopic (exact) mass is 281 g/mol. The van der Waals surface area contributed by atoms with E-state index < -0.39 is 0 Å². The first-order valence-electron chi connectivity index (χ1n) is 7.68. The predicted octanol–water partition coefficient (Wildman–Crippen LogP) is 6.36. The molecule has 1 aliphatic rings. The van der Waals surface area contributed by atoms with E-state index in [-0.39, 0.29) is 7.53 Å². The summed E-state index contributed by atoms with van der Waals surface area (Å²) < 4.78 is 0. The van der Waals surface area contributed by atoms with Gasteiger partial charge in [0.15, 0.2) is 0 Å². The van der Waals surface area contributed by atoms with Crippen LogP contribution in [0.2, 0.25) is 0 Å². The molecule has 1 atom stereocenters. The zero-order chi connectivity index (χ0) is 13.9. The number of benzene rings is 1. The molecular weight excluding hydrogens is 259 g/mol. The van der Waals surface area contributed by atoms with E-state index in [1.165, 1.54) is 42.1 Å². The highest BCUT2D eigenvalue weighted by atomic mass is 31.1. The van der Waals surface area contributed by atoms with E-state index in [2.05, 4.69) is 62.1 Å². The van der Waals surface area contributed by atoms with Crippen LogP contribution in [-0.4, -0.2) is 0 Å². The fraction of sp³-hybridized carbons (Fsp3) is 0.316. The van der Waals surface area contributed by atoms with Gasteiger partial charge in [0.25, 0.3) is 0 Å². The van der Waals surface area contributed by atoms with Gasteiger partial charge in [-0.05, 0) is 52.9 Å². The second kappa shape index (κ2) is 6.02. The first kappa shape index (κ1) is 13.7. The van der Waals surface area contributed by atoms with Crippen molar-refractivity contribution in [3.05, 3.63) is 64.5 Å². The van der Waals surface area contributed by atoms with E-state index in [1.54, 1.807) is 11.2 Å². The van der Waals surface area contributed by atoms with E-state index >= 15 is 0 Å². The zero-order valence-corrected chi connectivity index (χ0v) is 13.3. The minimum atomic E-state index is -0.0682.